The Hall–Kier alpha value is -0.320. The van der Waals surface area contributed by atoms with E-state index in [0.29, 0.717) is 6.54 Å². The van der Waals surface area contributed by atoms with E-state index in [1.54, 1.807) is 0 Å². The Balaban J connectivity index is 0.00000256. The second kappa shape index (κ2) is 8.72. The number of amides is 1. The number of carbonyl (C=O) groups is 1. The highest BCUT2D eigenvalue weighted by molar-refractivity contribution is 5.85. The average molecular weight is 264 g/mol. The van der Waals surface area contributed by atoms with E-state index in [4.69, 9.17) is 5.73 Å². The molecule has 1 atom stereocenters. The third kappa shape index (κ3) is 5.70. The molecule has 1 rings (SSSR count). The summed E-state index contributed by atoms with van der Waals surface area (Å²) in [5.74, 6) is 0.262. The van der Waals surface area contributed by atoms with Crippen molar-refractivity contribution in [2.24, 2.45) is 5.73 Å². The van der Waals surface area contributed by atoms with Crippen molar-refractivity contribution in [3.05, 3.63) is 0 Å². The summed E-state index contributed by atoms with van der Waals surface area (Å²) in [7, 11) is 0. The van der Waals surface area contributed by atoms with Crippen LogP contribution in [0.4, 0.5) is 0 Å². The Labute approximate surface area is 111 Å². The normalized spacial score (nSPS) is 20.1. The molecule has 0 aromatic rings. The summed E-state index contributed by atoms with van der Waals surface area (Å²) in [5, 5.41) is 0. The van der Waals surface area contributed by atoms with Gasteiger partial charge in [-0.3, -0.25) is 9.69 Å². The second-order valence-electron chi connectivity index (χ2n) is 4.66. The third-order valence-corrected chi connectivity index (χ3v) is 3.01. The Morgan fingerprint density at radius 2 is 1.94 bits per heavy atom. The molecule has 0 aromatic heterocycles. The first-order chi connectivity index (χ1) is 7.67. The molecule has 1 fully saturated rings. The lowest BCUT2D eigenvalue weighted by molar-refractivity contribution is -0.132. The third-order valence-electron chi connectivity index (χ3n) is 3.01. The SMILES string of the molecule is CCCN(CCC)C(=O)CN1CC[C@H](N)C1.Cl. The van der Waals surface area contributed by atoms with Gasteiger partial charge >= 0.3 is 0 Å². The monoisotopic (exact) mass is 263 g/mol. The van der Waals surface area contributed by atoms with Crippen molar-refractivity contribution in [2.45, 2.75) is 39.2 Å². The topological polar surface area (TPSA) is 49.6 Å². The Morgan fingerprint density at radius 3 is 2.35 bits per heavy atom. The van der Waals surface area contributed by atoms with Gasteiger partial charge < -0.3 is 10.6 Å². The van der Waals surface area contributed by atoms with Crippen molar-refractivity contribution >= 4 is 18.3 Å². The van der Waals surface area contributed by atoms with Gasteiger partial charge in [0.1, 0.15) is 0 Å². The summed E-state index contributed by atoms with van der Waals surface area (Å²) in [4.78, 5) is 16.2. The van der Waals surface area contributed by atoms with Crippen LogP contribution < -0.4 is 5.73 Å². The molecular formula is C12H26ClN3O. The summed E-state index contributed by atoms with van der Waals surface area (Å²) in [5.41, 5.74) is 5.83. The van der Waals surface area contributed by atoms with Crippen LogP contribution in [0.1, 0.15) is 33.1 Å². The molecule has 1 saturated heterocycles. The Morgan fingerprint density at radius 1 is 1.35 bits per heavy atom. The van der Waals surface area contributed by atoms with E-state index in [1.807, 2.05) is 4.90 Å². The number of halogens is 1. The maximum Gasteiger partial charge on any atom is 0.236 e. The molecule has 0 bridgehead atoms. The van der Waals surface area contributed by atoms with Crippen LogP contribution in [0.3, 0.4) is 0 Å². The van der Waals surface area contributed by atoms with Crippen LogP contribution in [0.2, 0.25) is 0 Å². The van der Waals surface area contributed by atoms with Crippen molar-refractivity contribution in [1.29, 1.82) is 0 Å². The standard InChI is InChI=1S/C12H25N3O.ClH/c1-3-6-15(7-4-2)12(16)10-14-8-5-11(13)9-14;/h11H,3-10,13H2,1-2H3;1H/t11-;/m0./s1. The fourth-order valence-electron chi connectivity index (χ4n) is 2.20. The zero-order chi connectivity index (χ0) is 12.0. The predicted octanol–water partition coefficient (Wildman–Crippen LogP) is 1.09. The first kappa shape index (κ1) is 16.7. The lowest BCUT2D eigenvalue weighted by Crippen LogP contribution is -2.41. The maximum absolute atomic E-state index is 12.0. The minimum atomic E-state index is 0. The molecular weight excluding hydrogens is 238 g/mol. The number of rotatable bonds is 6. The molecule has 0 unspecified atom stereocenters. The minimum absolute atomic E-state index is 0. The fraction of sp³-hybridized carbons (Fsp3) is 0.917. The Bertz CT molecular complexity index is 220. The van der Waals surface area contributed by atoms with Gasteiger partial charge in [-0.1, -0.05) is 13.8 Å². The number of carbonyl (C=O) groups excluding carboxylic acids is 1. The quantitative estimate of drug-likeness (QED) is 0.781. The van der Waals surface area contributed by atoms with Crippen LogP contribution in [0, 0.1) is 0 Å². The number of nitrogens with two attached hydrogens (primary N) is 1. The van der Waals surface area contributed by atoms with E-state index in [2.05, 4.69) is 18.7 Å². The van der Waals surface area contributed by atoms with Gasteiger partial charge in [0.2, 0.25) is 5.91 Å². The van der Waals surface area contributed by atoms with Gasteiger partial charge in [-0.2, -0.15) is 0 Å². The van der Waals surface area contributed by atoms with Crippen molar-refractivity contribution in [2.75, 3.05) is 32.7 Å². The fourth-order valence-corrected chi connectivity index (χ4v) is 2.20. The van der Waals surface area contributed by atoms with Crippen molar-refractivity contribution in [3.63, 3.8) is 0 Å². The largest absolute Gasteiger partial charge is 0.342 e. The van der Waals surface area contributed by atoms with E-state index in [-0.39, 0.29) is 24.4 Å². The molecule has 0 spiro atoms. The van der Waals surface area contributed by atoms with Crippen molar-refractivity contribution in [1.82, 2.24) is 9.80 Å². The molecule has 5 heteroatoms. The molecule has 102 valence electrons. The molecule has 0 aromatic carbocycles. The van der Waals surface area contributed by atoms with E-state index < -0.39 is 0 Å². The van der Waals surface area contributed by atoms with Gasteiger partial charge in [-0.15, -0.1) is 12.4 Å². The van der Waals surface area contributed by atoms with Gasteiger partial charge in [0.05, 0.1) is 6.54 Å². The lowest BCUT2D eigenvalue weighted by Gasteiger charge is -2.24. The number of likely N-dealkylation sites (tertiary alicyclic amines) is 1. The highest BCUT2D eigenvalue weighted by atomic mass is 35.5. The molecule has 1 aliphatic rings. The molecule has 1 amide bonds. The number of hydrogen-bond acceptors (Lipinski definition) is 3. The molecule has 0 saturated carbocycles. The summed E-state index contributed by atoms with van der Waals surface area (Å²) in [6, 6.07) is 0.263. The summed E-state index contributed by atoms with van der Waals surface area (Å²) in [6.45, 7) is 8.38. The van der Waals surface area contributed by atoms with E-state index in [0.717, 1.165) is 45.4 Å². The maximum atomic E-state index is 12.0. The van der Waals surface area contributed by atoms with E-state index >= 15 is 0 Å². The van der Waals surface area contributed by atoms with Crippen LogP contribution in [0.25, 0.3) is 0 Å². The predicted molar refractivity (Wildman–Crippen MR) is 73.4 cm³/mol. The molecule has 17 heavy (non-hydrogen) atoms. The zero-order valence-electron chi connectivity index (χ0n) is 11.0. The molecule has 0 aliphatic carbocycles. The Kier molecular flexibility index (Phi) is 8.56. The number of nitrogens with zero attached hydrogens (tertiary/aromatic N) is 2. The summed E-state index contributed by atoms with van der Waals surface area (Å²) in [6.07, 6.45) is 3.09. The highest BCUT2D eigenvalue weighted by Gasteiger charge is 2.22. The minimum Gasteiger partial charge on any atom is -0.342 e. The van der Waals surface area contributed by atoms with Crippen LogP contribution in [0.5, 0.6) is 0 Å². The zero-order valence-corrected chi connectivity index (χ0v) is 11.8. The second-order valence-corrected chi connectivity index (χ2v) is 4.66. The van der Waals surface area contributed by atoms with Crippen LogP contribution >= 0.6 is 12.4 Å². The summed E-state index contributed by atoms with van der Waals surface area (Å²) >= 11 is 0. The van der Waals surface area contributed by atoms with E-state index in [1.165, 1.54) is 0 Å². The number of hydrogen-bond donors (Lipinski definition) is 1. The molecule has 1 heterocycles. The van der Waals surface area contributed by atoms with Gasteiger partial charge in [0, 0.05) is 32.2 Å². The lowest BCUT2D eigenvalue weighted by atomic mass is 10.3. The van der Waals surface area contributed by atoms with Crippen LogP contribution in [0.15, 0.2) is 0 Å². The first-order valence-corrected chi connectivity index (χ1v) is 6.43. The van der Waals surface area contributed by atoms with Crippen LogP contribution in [-0.2, 0) is 4.79 Å². The van der Waals surface area contributed by atoms with Gasteiger partial charge in [0.25, 0.3) is 0 Å². The smallest absolute Gasteiger partial charge is 0.236 e. The van der Waals surface area contributed by atoms with Crippen LogP contribution in [-0.4, -0.2) is 54.5 Å². The first-order valence-electron chi connectivity index (χ1n) is 6.43. The molecule has 4 nitrogen and oxygen atoms in total. The molecule has 2 N–H and O–H groups in total. The molecule has 1 aliphatic heterocycles. The summed E-state index contributed by atoms with van der Waals surface area (Å²) < 4.78 is 0. The van der Waals surface area contributed by atoms with Crippen molar-refractivity contribution in [3.8, 4) is 0 Å². The molecule has 0 radical (unpaired) electrons. The van der Waals surface area contributed by atoms with Gasteiger partial charge in [-0.05, 0) is 19.3 Å². The van der Waals surface area contributed by atoms with Crippen molar-refractivity contribution < 1.29 is 4.79 Å². The average Bonchev–Trinajstić information content (AvgIpc) is 2.63. The van der Waals surface area contributed by atoms with E-state index in [9.17, 15) is 4.79 Å². The highest BCUT2D eigenvalue weighted by Crippen LogP contribution is 2.07. The van der Waals surface area contributed by atoms with Gasteiger partial charge in [0.15, 0.2) is 0 Å². The van der Waals surface area contributed by atoms with Gasteiger partial charge in [-0.25, -0.2) is 0 Å².